The maximum Gasteiger partial charge on any atom is 0.116 e. The first kappa shape index (κ1) is 22.7. The molecule has 2 N–H and O–H groups in total. The SMILES string of the molecule is Cc1cc(O)cc(C)c1C1CCCCC1.Cc1cc(O)cc(C)c1C1CCCCC1. The molecule has 0 radical (unpaired) electrons. The number of hydrogen-bond acceptors (Lipinski definition) is 2. The van der Waals surface area contributed by atoms with E-state index in [9.17, 15) is 10.2 Å². The fourth-order valence-corrected chi connectivity index (χ4v) is 5.97. The average Bonchev–Trinajstić information content (AvgIpc) is 2.69. The molecule has 0 aromatic heterocycles. The second-order valence-corrected chi connectivity index (χ2v) is 9.66. The molecule has 0 aliphatic heterocycles. The Morgan fingerprint density at radius 2 is 0.767 bits per heavy atom. The van der Waals surface area contributed by atoms with Crippen molar-refractivity contribution in [3.63, 3.8) is 0 Å². The molecule has 2 aliphatic rings. The molecule has 2 aromatic rings. The van der Waals surface area contributed by atoms with Crippen LogP contribution in [0.2, 0.25) is 0 Å². The molecule has 2 heteroatoms. The van der Waals surface area contributed by atoms with Crippen LogP contribution in [-0.4, -0.2) is 10.2 Å². The van der Waals surface area contributed by atoms with Crippen molar-refractivity contribution in [2.24, 2.45) is 0 Å². The minimum Gasteiger partial charge on any atom is -0.508 e. The van der Waals surface area contributed by atoms with Crippen LogP contribution in [0.25, 0.3) is 0 Å². The lowest BCUT2D eigenvalue weighted by Crippen LogP contribution is -2.07. The minimum absolute atomic E-state index is 0.407. The van der Waals surface area contributed by atoms with E-state index in [1.54, 1.807) is 0 Å². The van der Waals surface area contributed by atoms with Crippen molar-refractivity contribution >= 4 is 0 Å². The van der Waals surface area contributed by atoms with Gasteiger partial charge in [0, 0.05) is 0 Å². The van der Waals surface area contributed by atoms with E-state index in [-0.39, 0.29) is 0 Å². The smallest absolute Gasteiger partial charge is 0.116 e. The summed E-state index contributed by atoms with van der Waals surface area (Å²) in [5, 5.41) is 19.0. The van der Waals surface area contributed by atoms with Gasteiger partial charge in [0.1, 0.15) is 11.5 Å². The van der Waals surface area contributed by atoms with E-state index in [0.717, 1.165) is 11.8 Å². The van der Waals surface area contributed by atoms with Crippen LogP contribution in [0.1, 0.15) is 109 Å². The molecule has 0 saturated heterocycles. The predicted octanol–water partition coefficient (Wildman–Crippen LogP) is 8.11. The van der Waals surface area contributed by atoms with E-state index >= 15 is 0 Å². The number of rotatable bonds is 2. The summed E-state index contributed by atoms with van der Waals surface area (Å²) in [6.45, 7) is 8.49. The lowest BCUT2D eigenvalue weighted by Gasteiger charge is -2.25. The second kappa shape index (κ2) is 10.4. The molecule has 0 amide bonds. The largest absolute Gasteiger partial charge is 0.508 e. The van der Waals surface area contributed by atoms with Crippen LogP contribution < -0.4 is 0 Å². The van der Waals surface area contributed by atoms with Gasteiger partial charge in [-0.3, -0.25) is 0 Å². The summed E-state index contributed by atoms with van der Waals surface area (Å²) in [5.41, 5.74) is 8.04. The summed E-state index contributed by atoms with van der Waals surface area (Å²) in [6, 6.07) is 7.60. The molecular formula is C28H40O2. The number of aryl methyl sites for hydroxylation is 4. The van der Waals surface area contributed by atoms with Gasteiger partial charge in [-0.2, -0.15) is 0 Å². The van der Waals surface area contributed by atoms with Crippen LogP contribution >= 0.6 is 0 Å². The molecule has 4 rings (SSSR count). The number of phenolic OH excluding ortho intramolecular Hbond substituents is 2. The summed E-state index contributed by atoms with van der Waals surface area (Å²) in [7, 11) is 0. The Balaban J connectivity index is 0.000000171. The van der Waals surface area contributed by atoms with E-state index in [1.807, 2.05) is 24.3 Å². The molecule has 2 aliphatic carbocycles. The first-order valence-electron chi connectivity index (χ1n) is 12.0. The Morgan fingerprint density at radius 3 is 1.03 bits per heavy atom. The van der Waals surface area contributed by atoms with Crippen LogP contribution in [-0.2, 0) is 0 Å². The molecule has 0 bridgehead atoms. The van der Waals surface area contributed by atoms with Gasteiger partial charge in [0.25, 0.3) is 0 Å². The van der Waals surface area contributed by atoms with Crippen molar-refractivity contribution in [1.82, 2.24) is 0 Å². The van der Waals surface area contributed by atoms with Crippen LogP contribution in [0.5, 0.6) is 11.5 Å². The predicted molar refractivity (Wildman–Crippen MR) is 127 cm³/mol. The zero-order valence-corrected chi connectivity index (χ0v) is 19.4. The maximum atomic E-state index is 9.52. The van der Waals surface area contributed by atoms with Crippen molar-refractivity contribution in [2.45, 2.75) is 104 Å². The fraction of sp³-hybridized carbons (Fsp3) is 0.571. The number of phenols is 2. The number of benzene rings is 2. The van der Waals surface area contributed by atoms with E-state index in [1.165, 1.54) is 97.6 Å². The third-order valence-corrected chi connectivity index (χ3v) is 7.18. The highest BCUT2D eigenvalue weighted by Gasteiger charge is 2.20. The highest BCUT2D eigenvalue weighted by atomic mass is 16.3. The van der Waals surface area contributed by atoms with Crippen LogP contribution in [0.3, 0.4) is 0 Å². The lowest BCUT2D eigenvalue weighted by molar-refractivity contribution is 0.438. The van der Waals surface area contributed by atoms with E-state index in [4.69, 9.17) is 0 Å². The van der Waals surface area contributed by atoms with Crippen molar-refractivity contribution < 1.29 is 10.2 Å². The molecule has 30 heavy (non-hydrogen) atoms. The maximum absolute atomic E-state index is 9.52. The highest BCUT2D eigenvalue weighted by Crippen LogP contribution is 2.38. The number of aromatic hydroxyl groups is 2. The molecule has 2 saturated carbocycles. The highest BCUT2D eigenvalue weighted by molar-refractivity contribution is 5.43. The molecule has 2 aromatic carbocycles. The van der Waals surface area contributed by atoms with Gasteiger partial charge in [0.05, 0.1) is 0 Å². The topological polar surface area (TPSA) is 40.5 Å². The molecule has 0 atom stereocenters. The molecule has 2 fully saturated rings. The minimum atomic E-state index is 0.407. The monoisotopic (exact) mass is 408 g/mol. The van der Waals surface area contributed by atoms with Crippen molar-refractivity contribution in [3.05, 3.63) is 57.6 Å². The van der Waals surface area contributed by atoms with Gasteiger partial charge in [-0.05, 0) is 123 Å². The standard InChI is InChI=1S/2C14H20O/c2*1-10-8-13(15)9-11(2)14(10)12-6-4-3-5-7-12/h2*8-9,12,15H,3-7H2,1-2H3. The molecular weight excluding hydrogens is 368 g/mol. The fourth-order valence-electron chi connectivity index (χ4n) is 5.97. The van der Waals surface area contributed by atoms with Gasteiger partial charge < -0.3 is 10.2 Å². The van der Waals surface area contributed by atoms with Gasteiger partial charge in [-0.1, -0.05) is 38.5 Å². The van der Waals surface area contributed by atoms with E-state index < -0.39 is 0 Å². The Kier molecular flexibility index (Phi) is 7.86. The zero-order chi connectivity index (χ0) is 21.7. The average molecular weight is 409 g/mol. The van der Waals surface area contributed by atoms with Gasteiger partial charge >= 0.3 is 0 Å². The molecule has 164 valence electrons. The quantitative estimate of drug-likeness (QED) is 0.527. The Hall–Kier alpha value is -1.96. The van der Waals surface area contributed by atoms with Crippen molar-refractivity contribution in [2.75, 3.05) is 0 Å². The zero-order valence-electron chi connectivity index (χ0n) is 19.4. The van der Waals surface area contributed by atoms with E-state index in [2.05, 4.69) is 27.7 Å². The van der Waals surface area contributed by atoms with E-state index in [0.29, 0.717) is 11.5 Å². The van der Waals surface area contributed by atoms with Gasteiger partial charge in [-0.25, -0.2) is 0 Å². The van der Waals surface area contributed by atoms with Gasteiger partial charge in [-0.15, -0.1) is 0 Å². The number of hydrogen-bond donors (Lipinski definition) is 2. The second-order valence-electron chi connectivity index (χ2n) is 9.66. The molecule has 0 spiro atoms. The van der Waals surface area contributed by atoms with Crippen molar-refractivity contribution in [3.8, 4) is 11.5 Å². The van der Waals surface area contributed by atoms with Crippen molar-refractivity contribution in [1.29, 1.82) is 0 Å². The third-order valence-electron chi connectivity index (χ3n) is 7.18. The van der Waals surface area contributed by atoms with Crippen LogP contribution in [0.4, 0.5) is 0 Å². The van der Waals surface area contributed by atoms with Crippen LogP contribution in [0.15, 0.2) is 24.3 Å². The first-order chi connectivity index (χ1) is 14.4. The Morgan fingerprint density at radius 1 is 0.500 bits per heavy atom. The normalized spacial score (nSPS) is 18.0. The lowest BCUT2D eigenvalue weighted by atomic mass is 9.80. The molecule has 0 heterocycles. The Labute approximate surface area is 183 Å². The van der Waals surface area contributed by atoms with Gasteiger partial charge in [0.15, 0.2) is 0 Å². The summed E-state index contributed by atoms with van der Waals surface area (Å²) in [5.74, 6) is 2.29. The third kappa shape index (κ3) is 5.59. The van der Waals surface area contributed by atoms with Crippen LogP contribution in [0, 0.1) is 27.7 Å². The van der Waals surface area contributed by atoms with Gasteiger partial charge in [0.2, 0.25) is 0 Å². The summed E-state index contributed by atoms with van der Waals surface area (Å²) < 4.78 is 0. The summed E-state index contributed by atoms with van der Waals surface area (Å²) in [4.78, 5) is 0. The first-order valence-corrected chi connectivity index (χ1v) is 12.0. The summed E-state index contributed by atoms with van der Waals surface area (Å²) in [6.07, 6.45) is 13.6. The molecule has 2 nitrogen and oxygen atoms in total. The Bertz CT molecular complexity index is 722. The summed E-state index contributed by atoms with van der Waals surface area (Å²) >= 11 is 0. The molecule has 0 unspecified atom stereocenters.